The van der Waals surface area contributed by atoms with Crippen molar-refractivity contribution in [3.63, 3.8) is 0 Å². The van der Waals surface area contributed by atoms with Gasteiger partial charge in [-0.2, -0.15) is 0 Å². The third kappa shape index (κ3) is 2.72. The van der Waals surface area contributed by atoms with Crippen LogP contribution < -0.4 is 0 Å². The van der Waals surface area contributed by atoms with Crippen molar-refractivity contribution in [2.45, 2.75) is 11.8 Å². The molecule has 0 aliphatic rings. The number of benzene rings is 2. The molecule has 4 aromatic rings. The Morgan fingerprint density at radius 2 is 1.60 bits per heavy atom. The second-order valence-corrected chi connectivity index (χ2v) is 7.75. The summed E-state index contributed by atoms with van der Waals surface area (Å²) in [4.78, 5) is 4.66. The van der Waals surface area contributed by atoms with Gasteiger partial charge in [0.15, 0.2) is 5.65 Å². The first-order chi connectivity index (χ1) is 12.1. The fourth-order valence-corrected chi connectivity index (χ4v) is 4.11. The number of fused-ring (bicyclic) bond motifs is 1. The molecule has 0 aliphatic carbocycles. The number of nitrogens with zero attached hydrogens (tertiary/aromatic N) is 2. The smallest absolute Gasteiger partial charge is 0.237 e. The zero-order valence-electron chi connectivity index (χ0n) is 13.6. The molecule has 0 N–H and O–H groups in total. The molecular formula is C20H16N2O2S. The van der Waals surface area contributed by atoms with E-state index in [1.165, 1.54) is 3.97 Å². The number of aryl methyl sites for hydroxylation is 1. The van der Waals surface area contributed by atoms with Gasteiger partial charge in [0.1, 0.15) is 0 Å². The van der Waals surface area contributed by atoms with Gasteiger partial charge < -0.3 is 0 Å². The van der Waals surface area contributed by atoms with Crippen LogP contribution in [-0.4, -0.2) is 17.4 Å². The molecule has 0 amide bonds. The van der Waals surface area contributed by atoms with E-state index in [2.05, 4.69) is 4.98 Å². The number of hydrogen-bond donors (Lipinski definition) is 0. The molecule has 0 atom stereocenters. The minimum atomic E-state index is -3.66. The van der Waals surface area contributed by atoms with Gasteiger partial charge >= 0.3 is 0 Å². The predicted octanol–water partition coefficient (Wildman–Crippen LogP) is 4.25. The number of aromatic nitrogens is 2. The van der Waals surface area contributed by atoms with Crippen LogP contribution >= 0.6 is 0 Å². The first kappa shape index (κ1) is 15.6. The summed E-state index contributed by atoms with van der Waals surface area (Å²) in [5.41, 5.74) is 3.45. The highest BCUT2D eigenvalue weighted by Gasteiger charge is 2.19. The summed E-state index contributed by atoms with van der Waals surface area (Å²) in [6.45, 7) is 1.92. The van der Waals surface area contributed by atoms with Crippen molar-refractivity contribution >= 4 is 21.1 Å². The molecule has 124 valence electrons. The fraction of sp³-hybridized carbons (Fsp3) is 0.0500. The van der Waals surface area contributed by atoms with Crippen molar-refractivity contribution in [3.05, 3.63) is 84.7 Å². The Hall–Kier alpha value is -2.92. The number of pyridine rings is 1. The maximum Gasteiger partial charge on any atom is 0.269 e. The molecule has 0 saturated carbocycles. The van der Waals surface area contributed by atoms with E-state index >= 15 is 0 Å². The summed E-state index contributed by atoms with van der Waals surface area (Å²) >= 11 is 0. The van der Waals surface area contributed by atoms with Gasteiger partial charge in [-0.1, -0.05) is 48.0 Å². The van der Waals surface area contributed by atoms with E-state index in [-0.39, 0.29) is 4.90 Å². The maximum atomic E-state index is 12.9. The summed E-state index contributed by atoms with van der Waals surface area (Å²) in [5, 5.41) is 0.789. The van der Waals surface area contributed by atoms with Gasteiger partial charge in [0.25, 0.3) is 10.0 Å². The van der Waals surface area contributed by atoms with E-state index in [1.54, 1.807) is 42.7 Å². The second-order valence-electron chi connectivity index (χ2n) is 5.93. The van der Waals surface area contributed by atoms with Crippen LogP contribution in [0.25, 0.3) is 22.2 Å². The summed E-state index contributed by atoms with van der Waals surface area (Å²) in [6, 6.07) is 20.5. The molecule has 0 bridgehead atoms. The van der Waals surface area contributed by atoms with E-state index in [0.717, 1.165) is 22.1 Å². The summed E-state index contributed by atoms with van der Waals surface area (Å²) in [6.07, 6.45) is 3.26. The lowest BCUT2D eigenvalue weighted by Crippen LogP contribution is -2.12. The average Bonchev–Trinajstić information content (AvgIpc) is 3.07. The van der Waals surface area contributed by atoms with Gasteiger partial charge in [-0.25, -0.2) is 17.4 Å². The predicted molar refractivity (Wildman–Crippen MR) is 98.9 cm³/mol. The van der Waals surface area contributed by atoms with E-state index in [1.807, 2.05) is 43.3 Å². The van der Waals surface area contributed by atoms with Gasteiger partial charge in [-0.3, -0.25) is 0 Å². The molecule has 0 aliphatic heterocycles. The van der Waals surface area contributed by atoms with Gasteiger partial charge in [-0.05, 0) is 36.8 Å². The highest BCUT2D eigenvalue weighted by molar-refractivity contribution is 7.90. The van der Waals surface area contributed by atoms with E-state index in [0.29, 0.717) is 5.65 Å². The molecular weight excluding hydrogens is 332 g/mol. The van der Waals surface area contributed by atoms with Crippen LogP contribution in [0.4, 0.5) is 0 Å². The van der Waals surface area contributed by atoms with Gasteiger partial charge in [0.2, 0.25) is 0 Å². The molecule has 0 unspecified atom stereocenters. The largest absolute Gasteiger partial charge is 0.269 e. The van der Waals surface area contributed by atoms with Crippen LogP contribution in [0.5, 0.6) is 0 Å². The Balaban J connectivity index is 1.83. The molecule has 0 saturated heterocycles. The molecule has 0 spiro atoms. The van der Waals surface area contributed by atoms with Crippen LogP contribution in [0.3, 0.4) is 0 Å². The molecule has 4 nitrogen and oxygen atoms in total. The highest BCUT2D eigenvalue weighted by Crippen LogP contribution is 2.25. The lowest BCUT2D eigenvalue weighted by atomic mass is 10.1. The Morgan fingerprint density at radius 1 is 0.880 bits per heavy atom. The van der Waals surface area contributed by atoms with Crippen LogP contribution in [0.1, 0.15) is 5.56 Å². The molecule has 2 aromatic carbocycles. The van der Waals surface area contributed by atoms with Crippen molar-refractivity contribution in [2.75, 3.05) is 0 Å². The molecule has 4 rings (SSSR count). The SMILES string of the molecule is Cc1ccc(S(=O)(=O)n2ccc3cc(-c4ccccc4)cnc32)cc1. The first-order valence-electron chi connectivity index (χ1n) is 7.90. The Kier molecular flexibility index (Phi) is 3.66. The monoisotopic (exact) mass is 348 g/mol. The van der Waals surface area contributed by atoms with Crippen molar-refractivity contribution in [2.24, 2.45) is 0 Å². The Morgan fingerprint density at radius 3 is 2.32 bits per heavy atom. The van der Waals surface area contributed by atoms with Crippen LogP contribution in [-0.2, 0) is 10.0 Å². The lowest BCUT2D eigenvalue weighted by molar-refractivity contribution is 0.588. The summed E-state index contributed by atoms with van der Waals surface area (Å²) in [7, 11) is -3.66. The molecule has 25 heavy (non-hydrogen) atoms. The number of rotatable bonds is 3. The summed E-state index contributed by atoms with van der Waals surface area (Å²) < 4.78 is 27.0. The third-order valence-corrected chi connectivity index (χ3v) is 5.86. The zero-order chi connectivity index (χ0) is 17.4. The molecule has 2 aromatic heterocycles. The van der Waals surface area contributed by atoms with E-state index < -0.39 is 10.0 Å². The van der Waals surface area contributed by atoms with E-state index in [9.17, 15) is 8.42 Å². The highest BCUT2D eigenvalue weighted by atomic mass is 32.2. The average molecular weight is 348 g/mol. The number of hydrogen-bond acceptors (Lipinski definition) is 3. The van der Waals surface area contributed by atoms with Crippen LogP contribution in [0.2, 0.25) is 0 Å². The van der Waals surface area contributed by atoms with E-state index in [4.69, 9.17) is 0 Å². The lowest BCUT2D eigenvalue weighted by Gasteiger charge is -2.08. The third-order valence-electron chi connectivity index (χ3n) is 4.18. The maximum absolute atomic E-state index is 12.9. The molecule has 5 heteroatoms. The second kappa shape index (κ2) is 5.86. The first-order valence-corrected chi connectivity index (χ1v) is 9.34. The van der Waals surface area contributed by atoms with Crippen molar-refractivity contribution in [3.8, 4) is 11.1 Å². The molecule has 0 fully saturated rings. The quantitative estimate of drug-likeness (QED) is 0.556. The molecule has 0 radical (unpaired) electrons. The van der Waals surface area contributed by atoms with Crippen molar-refractivity contribution < 1.29 is 8.42 Å². The Labute approximate surface area is 146 Å². The topological polar surface area (TPSA) is 52.0 Å². The van der Waals surface area contributed by atoms with Gasteiger partial charge in [0, 0.05) is 23.3 Å². The van der Waals surface area contributed by atoms with Gasteiger partial charge in [0.05, 0.1) is 4.90 Å². The van der Waals surface area contributed by atoms with Gasteiger partial charge in [-0.15, -0.1) is 0 Å². The minimum absolute atomic E-state index is 0.254. The molecule has 2 heterocycles. The van der Waals surface area contributed by atoms with Crippen molar-refractivity contribution in [1.29, 1.82) is 0 Å². The van der Waals surface area contributed by atoms with Crippen LogP contribution in [0.15, 0.2) is 84.0 Å². The normalized spacial score (nSPS) is 11.7. The summed E-state index contributed by atoms with van der Waals surface area (Å²) in [5.74, 6) is 0. The fourth-order valence-electron chi connectivity index (χ4n) is 2.81. The standard InChI is InChI=1S/C20H16N2O2S/c1-15-7-9-19(10-8-15)25(23,24)22-12-11-17-13-18(14-21-20(17)22)16-5-3-2-4-6-16/h2-14H,1H3. The van der Waals surface area contributed by atoms with Crippen molar-refractivity contribution in [1.82, 2.24) is 8.96 Å². The zero-order valence-corrected chi connectivity index (χ0v) is 14.4. The Bertz CT molecular complexity index is 1150. The van der Waals surface area contributed by atoms with Crippen LogP contribution in [0, 0.1) is 6.92 Å². The minimum Gasteiger partial charge on any atom is -0.237 e.